The maximum absolute atomic E-state index is 12.9. The maximum Gasteiger partial charge on any atom is 0.326 e. The van der Waals surface area contributed by atoms with E-state index in [0.29, 0.717) is 6.42 Å². The van der Waals surface area contributed by atoms with Crippen LogP contribution in [0.5, 0.6) is 0 Å². The van der Waals surface area contributed by atoms with Gasteiger partial charge < -0.3 is 48.5 Å². The van der Waals surface area contributed by atoms with Gasteiger partial charge in [0.15, 0.2) is 5.96 Å². The lowest BCUT2D eigenvalue weighted by Crippen LogP contribution is -2.58. The Balaban J connectivity index is 5.41. The van der Waals surface area contributed by atoms with Crippen LogP contribution in [-0.2, 0) is 28.8 Å². The third-order valence-corrected chi connectivity index (χ3v) is 4.82. The van der Waals surface area contributed by atoms with Crippen molar-refractivity contribution in [2.24, 2.45) is 28.1 Å². The molecule has 0 aromatic rings. The molecule has 0 aliphatic carbocycles. The van der Waals surface area contributed by atoms with Crippen molar-refractivity contribution in [1.82, 2.24) is 16.0 Å². The van der Waals surface area contributed by atoms with Crippen molar-refractivity contribution < 1.29 is 44.1 Å². The number of nitrogens with one attached hydrogen (secondary N) is 3. The van der Waals surface area contributed by atoms with Crippen LogP contribution in [0.2, 0.25) is 0 Å². The monoisotopic (exact) mass is 517 g/mol. The van der Waals surface area contributed by atoms with Gasteiger partial charge in [0.05, 0.1) is 12.5 Å². The summed E-state index contributed by atoms with van der Waals surface area (Å²) in [6.07, 6.45) is -1.32. The standard InChI is InChI=1S/C20H35N7O9/c1-9(2)15(27-16(32)10(21)4-3-7-24-20(22)23)18(34)25-11(5-6-13(28)29)17(33)26-12(19(35)36)8-14(30)31/h9-12,15H,3-8,21H2,1-2H3,(H,25,34)(H,26,33)(H,27,32)(H,28,29)(H,30,31)(H,35,36)(H4,22,23,24). The Labute approximate surface area is 207 Å². The number of carboxylic acids is 3. The van der Waals surface area contributed by atoms with E-state index < -0.39 is 85.0 Å². The van der Waals surface area contributed by atoms with Crippen LogP contribution >= 0.6 is 0 Å². The average Bonchev–Trinajstić information content (AvgIpc) is 2.75. The second kappa shape index (κ2) is 15.9. The molecule has 0 bridgehead atoms. The number of amides is 3. The second-order valence-electron chi connectivity index (χ2n) is 8.28. The molecule has 4 atom stereocenters. The summed E-state index contributed by atoms with van der Waals surface area (Å²) in [5.41, 5.74) is 16.3. The van der Waals surface area contributed by atoms with Crippen LogP contribution in [0.4, 0.5) is 0 Å². The van der Waals surface area contributed by atoms with Crippen LogP contribution in [0.1, 0.15) is 46.0 Å². The molecule has 16 heteroatoms. The van der Waals surface area contributed by atoms with Crippen LogP contribution in [0.3, 0.4) is 0 Å². The summed E-state index contributed by atoms with van der Waals surface area (Å²) in [7, 11) is 0. The lowest BCUT2D eigenvalue weighted by molar-refractivity contribution is -0.147. The minimum Gasteiger partial charge on any atom is -0.481 e. The summed E-state index contributed by atoms with van der Waals surface area (Å²) in [6.45, 7) is 3.46. The quantitative estimate of drug-likeness (QED) is 0.0526. The first-order valence-corrected chi connectivity index (χ1v) is 11.0. The van der Waals surface area contributed by atoms with Gasteiger partial charge in [-0.25, -0.2) is 4.79 Å². The number of aliphatic imine (C=N–C) groups is 1. The number of carboxylic acid groups (broad SMARTS) is 3. The van der Waals surface area contributed by atoms with E-state index in [2.05, 4.69) is 15.6 Å². The molecule has 0 heterocycles. The Morgan fingerprint density at radius 2 is 1.39 bits per heavy atom. The SMILES string of the molecule is CC(C)C(NC(=O)C(N)CCCN=C(N)N)C(=O)NC(CCC(=O)O)C(=O)NC(CC(=O)O)C(=O)O. The van der Waals surface area contributed by atoms with Gasteiger partial charge in [-0.3, -0.25) is 29.0 Å². The fourth-order valence-electron chi connectivity index (χ4n) is 2.89. The number of hydrogen-bond donors (Lipinski definition) is 9. The Hall–Kier alpha value is -3.95. The van der Waals surface area contributed by atoms with Crippen LogP contribution in [0.15, 0.2) is 4.99 Å². The summed E-state index contributed by atoms with van der Waals surface area (Å²) in [5.74, 6) is -7.60. The highest BCUT2D eigenvalue weighted by Gasteiger charge is 2.32. The molecule has 0 radical (unpaired) electrons. The Morgan fingerprint density at radius 1 is 0.806 bits per heavy atom. The molecule has 0 aromatic heterocycles. The van der Waals surface area contributed by atoms with E-state index in [4.69, 9.17) is 32.5 Å². The second-order valence-corrected chi connectivity index (χ2v) is 8.28. The first kappa shape index (κ1) is 32.0. The number of nitrogens with zero attached hydrogens (tertiary/aromatic N) is 1. The molecule has 0 rings (SSSR count). The van der Waals surface area contributed by atoms with E-state index in [1.807, 2.05) is 5.32 Å². The molecule has 0 spiro atoms. The summed E-state index contributed by atoms with van der Waals surface area (Å²) >= 11 is 0. The highest BCUT2D eigenvalue weighted by Crippen LogP contribution is 2.07. The van der Waals surface area contributed by atoms with Gasteiger partial charge in [0.2, 0.25) is 17.7 Å². The first-order valence-electron chi connectivity index (χ1n) is 11.0. The van der Waals surface area contributed by atoms with Gasteiger partial charge in [0.25, 0.3) is 0 Å². The van der Waals surface area contributed by atoms with Gasteiger partial charge in [0.1, 0.15) is 18.1 Å². The molecule has 36 heavy (non-hydrogen) atoms. The lowest BCUT2D eigenvalue weighted by Gasteiger charge is -2.26. The predicted octanol–water partition coefficient (Wildman–Crippen LogP) is -3.10. The number of carbonyl (C=O) groups excluding carboxylic acids is 3. The van der Waals surface area contributed by atoms with E-state index in [-0.39, 0.29) is 18.9 Å². The third kappa shape index (κ3) is 13.1. The van der Waals surface area contributed by atoms with E-state index in [1.54, 1.807) is 13.8 Å². The van der Waals surface area contributed by atoms with Crippen molar-refractivity contribution in [3.05, 3.63) is 0 Å². The summed E-state index contributed by atoms with van der Waals surface area (Å²) in [6, 6.07) is -5.49. The van der Waals surface area contributed by atoms with E-state index in [9.17, 15) is 28.8 Å². The number of carbonyl (C=O) groups is 6. The molecule has 0 fully saturated rings. The average molecular weight is 518 g/mol. The van der Waals surface area contributed by atoms with Crippen molar-refractivity contribution in [3.8, 4) is 0 Å². The van der Waals surface area contributed by atoms with E-state index in [0.717, 1.165) is 0 Å². The highest BCUT2D eigenvalue weighted by molar-refractivity contribution is 5.95. The lowest BCUT2D eigenvalue weighted by atomic mass is 10.0. The van der Waals surface area contributed by atoms with Crippen molar-refractivity contribution in [2.75, 3.05) is 6.54 Å². The molecular weight excluding hydrogens is 482 g/mol. The summed E-state index contributed by atoms with van der Waals surface area (Å²) < 4.78 is 0. The Kier molecular flexibility index (Phi) is 14.1. The molecular formula is C20H35N7O9. The number of rotatable bonds is 17. The molecule has 12 N–H and O–H groups in total. The van der Waals surface area contributed by atoms with Gasteiger partial charge in [0, 0.05) is 13.0 Å². The number of nitrogens with two attached hydrogens (primary N) is 3. The van der Waals surface area contributed by atoms with Gasteiger partial charge >= 0.3 is 17.9 Å². The van der Waals surface area contributed by atoms with Crippen LogP contribution in [-0.4, -0.2) is 87.6 Å². The number of hydrogen-bond acceptors (Lipinski definition) is 8. The van der Waals surface area contributed by atoms with Gasteiger partial charge in [-0.2, -0.15) is 0 Å². The zero-order valence-electron chi connectivity index (χ0n) is 20.1. The molecule has 204 valence electrons. The molecule has 0 saturated heterocycles. The zero-order chi connectivity index (χ0) is 28.0. The first-order chi connectivity index (χ1) is 16.6. The minimum absolute atomic E-state index is 0.108. The molecule has 0 aliphatic heterocycles. The van der Waals surface area contributed by atoms with Crippen molar-refractivity contribution >= 4 is 41.6 Å². The zero-order valence-corrected chi connectivity index (χ0v) is 20.1. The molecule has 0 aromatic carbocycles. The van der Waals surface area contributed by atoms with Crippen LogP contribution < -0.4 is 33.2 Å². The fraction of sp³-hybridized carbons (Fsp3) is 0.650. The molecule has 4 unspecified atom stereocenters. The molecule has 0 saturated carbocycles. The van der Waals surface area contributed by atoms with Crippen molar-refractivity contribution in [2.45, 2.75) is 70.1 Å². The van der Waals surface area contributed by atoms with E-state index >= 15 is 0 Å². The smallest absolute Gasteiger partial charge is 0.326 e. The molecule has 0 aliphatic rings. The Morgan fingerprint density at radius 3 is 1.86 bits per heavy atom. The normalized spacial score (nSPS) is 14.0. The minimum atomic E-state index is -1.81. The number of aliphatic carboxylic acids is 3. The Bertz CT molecular complexity index is 843. The maximum atomic E-state index is 12.9. The fourth-order valence-corrected chi connectivity index (χ4v) is 2.89. The predicted molar refractivity (Wildman–Crippen MR) is 125 cm³/mol. The molecule has 16 nitrogen and oxygen atoms in total. The molecule has 3 amide bonds. The van der Waals surface area contributed by atoms with Gasteiger partial charge in [-0.1, -0.05) is 13.8 Å². The van der Waals surface area contributed by atoms with E-state index in [1.165, 1.54) is 0 Å². The van der Waals surface area contributed by atoms with Crippen LogP contribution in [0.25, 0.3) is 0 Å². The summed E-state index contributed by atoms with van der Waals surface area (Å²) in [5, 5.41) is 33.7. The third-order valence-electron chi connectivity index (χ3n) is 4.82. The van der Waals surface area contributed by atoms with Crippen LogP contribution in [0, 0.1) is 5.92 Å². The number of guanidine groups is 1. The van der Waals surface area contributed by atoms with Gasteiger partial charge in [-0.05, 0) is 25.2 Å². The largest absolute Gasteiger partial charge is 0.481 e. The van der Waals surface area contributed by atoms with Crippen molar-refractivity contribution in [3.63, 3.8) is 0 Å². The summed E-state index contributed by atoms with van der Waals surface area (Å²) in [4.78, 5) is 74.8. The van der Waals surface area contributed by atoms with Crippen molar-refractivity contribution in [1.29, 1.82) is 0 Å². The topological polar surface area (TPSA) is 290 Å². The van der Waals surface area contributed by atoms with Gasteiger partial charge in [-0.15, -0.1) is 0 Å². The highest BCUT2D eigenvalue weighted by atomic mass is 16.4.